The number of halogens is 2. The molecule has 0 aliphatic carbocycles. The predicted octanol–water partition coefficient (Wildman–Crippen LogP) is 4.98. The van der Waals surface area contributed by atoms with E-state index in [1.54, 1.807) is 12.3 Å². The topological polar surface area (TPSA) is 50.1 Å². The Labute approximate surface area is 128 Å². The molecule has 0 aliphatic rings. The summed E-state index contributed by atoms with van der Waals surface area (Å²) in [6.45, 7) is 4.86. The number of hydrogen-bond donors (Lipinski definition) is 2. The highest BCUT2D eigenvalue weighted by Crippen LogP contribution is 2.31. The number of nitrogens with zero attached hydrogens (tertiary/aromatic N) is 1. The van der Waals surface area contributed by atoms with E-state index >= 15 is 0 Å². The van der Waals surface area contributed by atoms with Gasteiger partial charge in [0.1, 0.15) is 17.4 Å². The summed E-state index contributed by atoms with van der Waals surface area (Å²) in [5, 5.41) is 7.39. The molecule has 2 heterocycles. The van der Waals surface area contributed by atoms with Crippen LogP contribution >= 0.6 is 23.2 Å². The molecule has 0 spiro atoms. The Hall–Kier alpha value is -1.39. The molecule has 2 N–H and O–H groups in total. The number of hydrogen-bond acceptors (Lipinski definition) is 4. The minimum Gasteiger partial charge on any atom is -0.467 e. The Morgan fingerprint density at radius 2 is 2.05 bits per heavy atom. The highest BCUT2D eigenvalue weighted by atomic mass is 35.5. The number of furan rings is 1. The van der Waals surface area contributed by atoms with E-state index in [1.165, 1.54) is 0 Å². The molecule has 0 aliphatic heterocycles. The van der Waals surface area contributed by atoms with E-state index in [0.717, 1.165) is 18.7 Å². The molecular weight excluding hydrogens is 297 g/mol. The molecule has 6 heteroatoms. The first-order chi connectivity index (χ1) is 9.61. The summed E-state index contributed by atoms with van der Waals surface area (Å²) in [7, 11) is 0. The fourth-order valence-electron chi connectivity index (χ4n) is 1.75. The molecule has 0 radical (unpaired) electrons. The van der Waals surface area contributed by atoms with Gasteiger partial charge < -0.3 is 15.1 Å². The van der Waals surface area contributed by atoms with Crippen LogP contribution in [0.2, 0.25) is 10.0 Å². The lowest BCUT2D eigenvalue weighted by atomic mass is 10.2. The summed E-state index contributed by atoms with van der Waals surface area (Å²) in [6, 6.07) is 5.40. The lowest BCUT2D eigenvalue weighted by molar-refractivity contribution is 0.490. The van der Waals surface area contributed by atoms with Crippen molar-refractivity contribution in [1.82, 2.24) is 4.98 Å². The van der Waals surface area contributed by atoms with Gasteiger partial charge in [-0.1, -0.05) is 30.1 Å². The summed E-state index contributed by atoms with van der Waals surface area (Å²) < 4.78 is 5.35. The molecule has 20 heavy (non-hydrogen) atoms. The van der Waals surface area contributed by atoms with E-state index in [-0.39, 0.29) is 6.04 Å². The Morgan fingerprint density at radius 3 is 2.70 bits per heavy atom. The first-order valence-electron chi connectivity index (χ1n) is 6.51. The molecule has 0 saturated carbocycles. The van der Waals surface area contributed by atoms with Crippen molar-refractivity contribution in [2.75, 3.05) is 17.2 Å². The Balaban J connectivity index is 2.18. The van der Waals surface area contributed by atoms with Gasteiger partial charge in [-0.15, -0.1) is 0 Å². The van der Waals surface area contributed by atoms with Crippen molar-refractivity contribution < 1.29 is 4.42 Å². The number of anilines is 2. The van der Waals surface area contributed by atoms with Crippen molar-refractivity contribution in [2.45, 2.75) is 26.3 Å². The zero-order valence-corrected chi connectivity index (χ0v) is 12.9. The number of pyridine rings is 1. The molecule has 2 aromatic rings. The molecule has 1 atom stereocenters. The molecule has 0 saturated heterocycles. The van der Waals surface area contributed by atoms with Crippen LogP contribution in [0.5, 0.6) is 0 Å². The number of aromatic nitrogens is 1. The number of nitrogens with one attached hydrogen (secondary N) is 2. The van der Waals surface area contributed by atoms with E-state index in [1.807, 2.05) is 19.1 Å². The van der Waals surface area contributed by atoms with Crippen molar-refractivity contribution >= 4 is 34.8 Å². The van der Waals surface area contributed by atoms with Crippen LogP contribution in [0.1, 0.15) is 32.1 Å². The van der Waals surface area contributed by atoms with Crippen LogP contribution in [0.4, 0.5) is 11.6 Å². The maximum Gasteiger partial charge on any atom is 0.147 e. The third-order valence-corrected chi connectivity index (χ3v) is 3.37. The summed E-state index contributed by atoms with van der Waals surface area (Å²) in [6.07, 6.45) is 2.63. The second-order valence-corrected chi connectivity index (χ2v) is 5.27. The van der Waals surface area contributed by atoms with Gasteiger partial charge in [-0.2, -0.15) is 0 Å². The third-order valence-electron chi connectivity index (χ3n) is 2.80. The quantitative estimate of drug-likeness (QED) is 0.790. The van der Waals surface area contributed by atoms with Gasteiger partial charge in [0.25, 0.3) is 0 Å². The third kappa shape index (κ3) is 3.58. The minimum atomic E-state index is -0.0322. The SMILES string of the molecule is CCCNc1nc(NC(C)c2ccco2)c(Cl)cc1Cl. The van der Waals surface area contributed by atoms with Crippen LogP contribution in [0.15, 0.2) is 28.9 Å². The molecule has 0 fully saturated rings. The maximum absolute atomic E-state index is 6.17. The summed E-state index contributed by atoms with van der Waals surface area (Å²) in [5.41, 5.74) is 0. The fraction of sp³-hybridized carbons (Fsp3) is 0.357. The van der Waals surface area contributed by atoms with Crippen molar-refractivity contribution in [2.24, 2.45) is 0 Å². The van der Waals surface area contributed by atoms with Crippen LogP contribution in [0, 0.1) is 0 Å². The molecule has 0 bridgehead atoms. The van der Waals surface area contributed by atoms with Gasteiger partial charge in [-0.3, -0.25) is 0 Å². The fourth-order valence-corrected chi connectivity index (χ4v) is 2.23. The van der Waals surface area contributed by atoms with E-state index in [0.29, 0.717) is 21.7 Å². The summed E-state index contributed by atoms with van der Waals surface area (Å²) in [5.74, 6) is 2.03. The minimum absolute atomic E-state index is 0.0322. The first kappa shape index (κ1) is 15.0. The highest BCUT2D eigenvalue weighted by molar-refractivity contribution is 6.37. The van der Waals surface area contributed by atoms with E-state index in [9.17, 15) is 0 Å². The summed E-state index contributed by atoms with van der Waals surface area (Å²) in [4.78, 5) is 4.43. The average Bonchev–Trinajstić information content (AvgIpc) is 2.94. The van der Waals surface area contributed by atoms with Crippen LogP contribution < -0.4 is 10.6 Å². The molecule has 0 amide bonds. The molecule has 1 unspecified atom stereocenters. The Kier molecular flexibility index (Phi) is 5.15. The molecule has 2 rings (SSSR count). The van der Waals surface area contributed by atoms with Crippen molar-refractivity contribution in [3.63, 3.8) is 0 Å². The second kappa shape index (κ2) is 6.86. The van der Waals surface area contributed by atoms with E-state index < -0.39 is 0 Å². The van der Waals surface area contributed by atoms with Gasteiger partial charge in [-0.05, 0) is 31.5 Å². The van der Waals surface area contributed by atoms with Crippen LogP contribution in [0.3, 0.4) is 0 Å². The Bertz CT molecular complexity index is 558. The predicted molar refractivity (Wildman–Crippen MR) is 83.8 cm³/mol. The largest absolute Gasteiger partial charge is 0.467 e. The zero-order chi connectivity index (χ0) is 14.5. The van der Waals surface area contributed by atoms with Crippen molar-refractivity contribution in [1.29, 1.82) is 0 Å². The lowest BCUT2D eigenvalue weighted by Gasteiger charge is -2.15. The van der Waals surface area contributed by atoms with Gasteiger partial charge in [-0.25, -0.2) is 4.98 Å². The molecule has 0 aromatic carbocycles. The second-order valence-electron chi connectivity index (χ2n) is 4.46. The van der Waals surface area contributed by atoms with Gasteiger partial charge in [0.05, 0.1) is 22.4 Å². The smallest absolute Gasteiger partial charge is 0.147 e. The maximum atomic E-state index is 6.17. The van der Waals surface area contributed by atoms with Gasteiger partial charge in [0.15, 0.2) is 0 Å². The molecule has 4 nitrogen and oxygen atoms in total. The lowest BCUT2D eigenvalue weighted by Crippen LogP contribution is -2.10. The average molecular weight is 314 g/mol. The molecule has 108 valence electrons. The van der Waals surface area contributed by atoms with Crippen molar-refractivity contribution in [3.8, 4) is 0 Å². The van der Waals surface area contributed by atoms with Gasteiger partial charge >= 0.3 is 0 Å². The molecular formula is C14H17Cl2N3O. The van der Waals surface area contributed by atoms with Gasteiger partial charge in [0.2, 0.25) is 0 Å². The van der Waals surface area contributed by atoms with E-state index in [2.05, 4.69) is 22.5 Å². The number of rotatable bonds is 6. The standard InChI is InChI=1S/C14H17Cl2N3O/c1-3-6-17-13-10(15)8-11(16)14(19-13)18-9(2)12-5-4-7-20-12/h4-5,7-9H,3,6H2,1-2H3,(H2,17,18,19). The van der Waals surface area contributed by atoms with Crippen LogP contribution in [-0.2, 0) is 0 Å². The van der Waals surface area contributed by atoms with Crippen LogP contribution in [0.25, 0.3) is 0 Å². The van der Waals surface area contributed by atoms with Gasteiger partial charge in [0, 0.05) is 6.54 Å². The van der Waals surface area contributed by atoms with Crippen molar-refractivity contribution in [3.05, 3.63) is 40.3 Å². The Morgan fingerprint density at radius 1 is 1.30 bits per heavy atom. The molecule has 2 aromatic heterocycles. The highest BCUT2D eigenvalue weighted by Gasteiger charge is 2.13. The monoisotopic (exact) mass is 313 g/mol. The first-order valence-corrected chi connectivity index (χ1v) is 7.27. The summed E-state index contributed by atoms with van der Waals surface area (Å²) >= 11 is 12.3. The van der Waals surface area contributed by atoms with Crippen LogP contribution in [-0.4, -0.2) is 11.5 Å². The van der Waals surface area contributed by atoms with E-state index in [4.69, 9.17) is 27.6 Å². The normalized spacial score (nSPS) is 12.2. The zero-order valence-electron chi connectivity index (χ0n) is 11.4.